The molecule has 0 saturated carbocycles. The number of carbonyl (C=O) groups is 1. The molecule has 1 N–H and O–H groups in total. The zero-order chi connectivity index (χ0) is 19.6. The second-order valence-corrected chi connectivity index (χ2v) is 7.90. The molecule has 1 heterocycles. The SMILES string of the molecule is COC(=O)C1=C(O)[C@@](C)(c2ccc(OC)s2)C[C@@H](c2ccc(OC)cc2)C1. The smallest absolute Gasteiger partial charge is 0.337 e. The molecular formula is C21H24O5S. The van der Waals surface area contributed by atoms with Gasteiger partial charge < -0.3 is 19.3 Å². The van der Waals surface area contributed by atoms with Crippen molar-refractivity contribution in [3.8, 4) is 10.8 Å². The fourth-order valence-electron chi connectivity index (χ4n) is 3.70. The molecule has 1 aliphatic rings. The molecule has 144 valence electrons. The number of ether oxygens (including phenoxy) is 3. The van der Waals surface area contributed by atoms with Crippen molar-refractivity contribution in [2.24, 2.45) is 0 Å². The number of allylic oxidation sites excluding steroid dienone is 1. The van der Waals surface area contributed by atoms with E-state index in [0.29, 0.717) is 18.4 Å². The molecule has 0 unspecified atom stereocenters. The number of rotatable bonds is 5. The molecule has 0 amide bonds. The fraction of sp³-hybridized carbons (Fsp3) is 0.381. The molecule has 6 heteroatoms. The highest BCUT2D eigenvalue weighted by atomic mass is 32.1. The van der Waals surface area contributed by atoms with E-state index in [-0.39, 0.29) is 11.7 Å². The van der Waals surface area contributed by atoms with Gasteiger partial charge in [-0.3, -0.25) is 0 Å². The van der Waals surface area contributed by atoms with E-state index in [1.807, 2.05) is 43.3 Å². The zero-order valence-corrected chi connectivity index (χ0v) is 16.8. The number of hydrogen-bond donors (Lipinski definition) is 1. The Labute approximate surface area is 163 Å². The topological polar surface area (TPSA) is 65.0 Å². The van der Waals surface area contributed by atoms with Crippen molar-refractivity contribution in [2.45, 2.75) is 31.1 Å². The number of esters is 1. The summed E-state index contributed by atoms with van der Waals surface area (Å²) >= 11 is 1.48. The number of benzene rings is 1. The molecule has 2 aromatic rings. The van der Waals surface area contributed by atoms with E-state index in [4.69, 9.17) is 14.2 Å². The minimum Gasteiger partial charge on any atom is -0.511 e. The summed E-state index contributed by atoms with van der Waals surface area (Å²) < 4.78 is 15.5. The van der Waals surface area contributed by atoms with Crippen molar-refractivity contribution in [3.05, 3.63) is 58.2 Å². The second kappa shape index (κ2) is 7.64. The van der Waals surface area contributed by atoms with Gasteiger partial charge in [-0.15, -0.1) is 11.3 Å². The van der Waals surface area contributed by atoms with Crippen LogP contribution in [-0.4, -0.2) is 32.4 Å². The Morgan fingerprint density at radius 3 is 2.37 bits per heavy atom. The Morgan fingerprint density at radius 1 is 1.11 bits per heavy atom. The highest BCUT2D eigenvalue weighted by molar-refractivity contribution is 7.14. The fourth-order valence-corrected chi connectivity index (χ4v) is 4.67. The minimum atomic E-state index is -0.687. The van der Waals surface area contributed by atoms with Crippen molar-refractivity contribution in [1.82, 2.24) is 0 Å². The molecule has 1 aliphatic carbocycles. The quantitative estimate of drug-likeness (QED) is 0.759. The standard InChI is InChI=1S/C21H24O5S/c1-21(17-9-10-18(25-3)27-17)12-14(11-16(19(21)22)20(23)26-4)13-5-7-15(24-2)8-6-13/h5-10,14,22H,11-12H2,1-4H3/t14-,21+/m0/s1. The van der Waals surface area contributed by atoms with Gasteiger partial charge in [0.05, 0.1) is 32.3 Å². The number of thiophene rings is 1. The van der Waals surface area contributed by atoms with Crippen molar-refractivity contribution in [2.75, 3.05) is 21.3 Å². The van der Waals surface area contributed by atoms with Crippen LogP contribution in [0.25, 0.3) is 0 Å². The van der Waals surface area contributed by atoms with Gasteiger partial charge in [-0.25, -0.2) is 4.79 Å². The summed E-state index contributed by atoms with van der Waals surface area (Å²) in [6.45, 7) is 1.96. The van der Waals surface area contributed by atoms with E-state index in [1.165, 1.54) is 18.4 Å². The monoisotopic (exact) mass is 388 g/mol. The third-order valence-corrected chi connectivity index (χ3v) is 6.57. The molecule has 0 radical (unpaired) electrons. The lowest BCUT2D eigenvalue weighted by atomic mass is 9.68. The number of methoxy groups -OCH3 is 3. The van der Waals surface area contributed by atoms with Crippen molar-refractivity contribution in [1.29, 1.82) is 0 Å². The molecule has 3 rings (SSSR count). The second-order valence-electron chi connectivity index (χ2n) is 6.85. The maximum absolute atomic E-state index is 12.4. The van der Waals surface area contributed by atoms with Crippen LogP contribution in [0.2, 0.25) is 0 Å². The first-order chi connectivity index (χ1) is 12.9. The van der Waals surface area contributed by atoms with Gasteiger partial charge in [0, 0.05) is 4.88 Å². The molecule has 27 heavy (non-hydrogen) atoms. The molecule has 1 aromatic carbocycles. The van der Waals surface area contributed by atoms with Crippen LogP contribution in [0.4, 0.5) is 0 Å². The van der Waals surface area contributed by atoms with Gasteiger partial charge in [-0.05, 0) is 55.5 Å². The first-order valence-corrected chi connectivity index (χ1v) is 9.53. The van der Waals surface area contributed by atoms with Crippen molar-refractivity contribution < 1.29 is 24.1 Å². The van der Waals surface area contributed by atoms with Crippen molar-refractivity contribution in [3.63, 3.8) is 0 Å². The highest BCUT2D eigenvalue weighted by Gasteiger charge is 2.44. The molecule has 0 bridgehead atoms. The van der Waals surface area contributed by atoms with Crippen LogP contribution < -0.4 is 9.47 Å². The van der Waals surface area contributed by atoms with Crippen molar-refractivity contribution >= 4 is 17.3 Å². The van der Waals surface area contributed by atoms with Gasteiger partial charge >= 0.3 is 5.97 Å². The Hall–Kier alpha value is -2.47. The Morgan fingerprint density at radius 2 is 1.81 bits per heavy atom. The van der Waals surface area contributed by atoms with Gasteiger partial charge in [0.1, 0.15) is 11.5 Å². The first kappa shape index (κ1) is 19.3. The van der Waals surface area contributed by atoms with Crippen LogP contribution in [0.3, 0.4) is 0 Å². The Kier molecular flexibility index (Phi) is 5.46. The molecule has 2 atom stereocenters. The van der Waals surface area contributed by atoms with Crippen LogP contribution in [0.15, 0.2) is 47.7 Å². The summed E-state index contributed by atoms with van der Waals surface area (Å²) in [4.78, 5) is 13.3. The maximum Gasteiger partial charge on any atom is 0.337 e. The lowest BCUT2D eigenvalue weighted by Crippen LogP contribution is -2.34. The molecule has 5 nitrogen and oxygen atoms in total. The molecule has 0 fully saturated rings. The third kappa shape index (κ3) is 3.54. The molecule has 0 saturated heterocycles. The number of carbonyl (C=O) groups excluding carboxylic acids is 1. The van der Waals surface area contributed by atoms with E-state index < -0.39 is 11.4 Å². The maximum atomic E-state index is 12.4. The molecular weight excluding hydrogens is 364 g/mol. The molecule has 0 aliphatic heterocycles. The van der Waals surface area contributed by atoms with E-state index in [9.17, 15) is 9.90 Å². The largest absolute Gasteiger partial charge is 0.511 e. The average molecular weight is 388 g/mol. The first-order valence-electron chi connectivity index (χ1n) is 8.72. The predicted molar refractivity (Wildman–Crippen MR) is 105 cm³/mol. The summed E-state index contributed by atoms with van der Waals surface area (Å²) in [6, 6.07) is 11.7. The van der Waals surface area contributed by atoms with E-state index in [2.05, 4.69) is 0 Å². The number of hydrogen-bond acceptors (Lipinski definition) is 6. The third-order valence-electron chi connectivity index (χ3n) is 5.26. The van der Waals surface area contributed by atoms with Gasteiger partial charge in [-0.2, -0.15) is 0 Å². The van der Waals surface area contributed by atoms with Gasteiger partial charge in [-0.1, -0.05) is 12.1 Å². The highest BCUT2D eigenvalue weighted by Crippen LogP contribution is 2.50. The number of aliphatic hydroxyl groups excluding tert-OH is 1. The summed E-state index contributed by atoms with van der Waals surface area (Å²) in [5.41, 5.74) is 0.743. The summed E-state index contributed by atoms with van der Waals surface area (Å²) in [5, 5.41) is 11.8. The van der Waals surface area contributed by atoms with Gasteiger partial charge in [0.25, 0.3) is 0 Å². The normalized spacial score (nSPS) is 22.4. The van der Waals surface area contributed by atoms with Crippen LogP contribution in [0.1, 0.15) is 36.1 Å². The average Bonchev–Trinajstić information content (AvgIpc) is 3.19. The van der Waals surface area contributed by atoms with E-state index in [1.54, 1.807) is 14.2 Å². The van der Waals surface area contributed by atoms with Crippen LogP contribution in [0.5, 0.6) is 10.8 Å². The zero-order valence-electron chi connectivity index (χ0n) is 15.9. The van der Waals surface area contributed by atoms with E-state index in [0.717, 1.165) is 21.3 Å². The van der Waals surface area contributed by atoms with Crippen LogP contribution in [-0.2, 0) is 14.9 Å². The van der Waals surface area contributed by atoms with Gasteiger partial charge in [0.2, 0.25) is 0 Å². The minimum absolute atomic E-state index is 0.0685. The summed E-state index contributed by atoms with van der Waals surface area (Å²) in [6.07, 6.45) is 1.11. The van der Waals surface area contributed by atoms with E-state index >= 15 is 0 Å². The Bertz CT molecular complexity index is 852. The summed E-state index contributed by atoms with van der Waals surface area (Å²) in [5.74, 6) is 0.454. The van der Waals surface area contributed by atoms with Crippen LogP contribution >= 0.6 is 11.3 Å². The molecule has 0 spiro atoms. The molecule has 1 aromatic heterocycles. The van der Waals surface area contributed by atoms with Crippen LogP contribution in [0, 0.1) is 0 Å². The number of aliphatic hydroxyl groups is 1. The van der Waals surface area contributed by atoms with Gasteiger partial charge in [0.15, 0.2) is 5.06 Å². The predicted octanol–water partition coefficient (Wildman–Crippen LogP) is 4.59. The lowest BCUT2D eigenvalue weighted by Gasteiger charge is -2.38. The summed E-state index contributed by atoms with van der Waals surface area (Å²) in [7, 11) is 4.59. The lowest BCUT2D eigenvalue weighted by molar-refractivity contribution is -0.136. The Balaban J connectivity index is 2.05.